The molecule has 1 spiro atoms. The van der Waals surface area contributed by atoms with Gasteiger partial charge in [-0.3, -0.25) is 10.2 Å². The van der Waals surface area contributed by atoms with Gasteiger partial charge in [-0.1, -0.05) is 0 Å². The predicted octanol–water partition coefficient (Wildman–Crippen LogP) is 2.18. The molecule has 5 fully saturated rings. The molecule has 3 aliphatic heterocycles. The minimum atomic E-state index is 0.138. The van der Waals surface area contributed by atoms with Crippen LogP contribution >= 0.6 is 0 Å². The highest BCUT2D eigenvalue weighted by atomic mass is 16.5. The number of piperidine rings is 1. The van der Waals surface area contributed by atoms with E-state index in [1.54, 1.807) is 6.33 Å². The first-order valence-electron chi connectivity index (χ1n) is 12.4. The van der Waals surface area contributed by atoms with Crippen molar-refractivity contribution in [3.8, 4) is 0 Å². The number of hydrogen-bond donors (Lipinski definition) is 2. The fourth-order valence-electron chi connectivity index (χ4n) is 6.47. The number of likely N-dealkylation sites (tertiary alicyclic amines) is 1. The second kappa shape index (κ2) is 7.64. The first kappa shape index (κ1) is 20.8. The van der Waals surface area contributed by atoms with E-state index >= 15 is 0 Å². The van der Waals surface area contributed by atoms with Crippen molar-refractivity contribution in [1.29, 1.82) is 0 Å². The molecule has 3 saturated heterocycles. The van der Waals surface area contributed by atoms with E-state index < -0.39 is 0 Å². The monoisotopic (exact) mass is 440 g/mol. The van der Waals surface area contributed by atoms with Crippen molar-refractivity contribution in [2.75, 3.05) is 31.6 Å². The molecule has 1 aromatic rings. The van der Waals surface area contributed by atoms with Crippen LogP contribution < -0.4 is 15.8 Å². The molecule has 2 aliphatic carbocycles. The van der Waals surface area contributed by atoms with E-state index in [4.69, 9.17) is 4.74 Å². The molecule has 0 radical (unpaired) electrons. The van der Waals surface area contributed by atoms with Crippen molar-refractivity contribution >= 4 is 11.7 Å². The summed E-state index contributed by atoms with van der Waals surface area (Å²) >= 11 is 0. The van der Waals surface area contributed by atoms with Crippen LogP contribution in [0.15, 0.2) is 12.4 Å². The Morgan fingerprint density at radius 1 is 1.12 bits per heavy atom. The number of anilines is 1. The summed E-state index contributed by atoms with van der Waals surface area (Å²) in [5.74, 6) is 1.80. The Kier molecular flexibility index (Phi) is 4.97. The molecule has 4 heterocycles. The summed E-state index contributed by atoms with van der Waals surface area (Å²) in [6.07, 6.45) is 10.7. The van der Waals surface area contributed by atoms with E-state index in [1.807, 2.05) is 11.9 Å². The number of hydrazine groups is 1. The number of fused-ring (bicyclic) bond motifs is 1. The second-order valence-corrected chi connectivity index (χ2v) is 11.3. The molecule has 6 rings (SSSR count). The lowest BCUT2D eigenvalue weighted by Crippen LogP contribution is -2.41. The van der Waals surface area contributed by atoms with Crippen LogP contribution in [0.4, 0.5) is 5.82 Å². The Morgan fingerprint density at radius 3 is 2.66 bits per heavy atom. The minimum Gasteiger partial charge on any atom is -0.372 e. The van der Waals surface area contributed by atoms with Gasteiger partial charge in [-0.25, -0.2) is 15.4 Å². The van der Waals surface area contributed by atoms with Gasteiger partial charge < -0.3 is 14.5 Å². The number of ether oxygens (including phenoxy) is 1. The Morgan fingerprint density at radius 2 is 1.94 bits per heavy atom. The van der Waals surface area contributed by atoms with Gasteiger partial charge in [0.25, 0.3) is 0 Å². The molecule has 32 heavy (non-hydrogen) atoms. The zero-order valence-corrected chi connectivity index (χ0v) is 19.3. The maximum Gasteiger partial charge on any atom is 0.222 e. The number of nitrogens with one attached hydrogen (secondary N) is 2. The number of carbonyl (C=O) groups excluding carboxylic acids is 1. The number of amides is 1. The van der Waals surface area contributed by atoms with Crippen LogP contribution in [0.5, 0.6) is 0 Å². The quantitative estimate of drug-likeness (QED) is 0.743. The van der Waals surface area contributed by atoms with E-state index in [1.165, 1.54) is 12.8 Å². The zero-order valence-electron chi connectivity index (χ0n) is 19.3. The Labute approximate surface area is 190 Å². The molecule has 8 heteroatoms. The maximum absolute atomic E-state index is 12.1. The van der Waals surface area contributed by atoms with Gasteiger partial charge in [0.15, 0.2) is 0 Å². The molecule has 0 bridgehead atoms. The normalized spacial score (nSPS) is 35.4. The molecule has 2 N–H and O–H groups in total. The number of hydrogen-bond acceptors (Lipinski definition) is 7. The lowest BCUT2D eigenvalue weighted by molar-refractivity contribution is -0.126. The lowest BCUT2D eigenvalue weighted by Gasteiger charge is -2.39. The molecular weight excluding hydrogens is 404 g/mol. The average Bonchev–Trinajstić information content (AvgIpc) is 3.24. The highest BCUT2D eigenvalue weighted by Gasteiger charge is 2.47. The van der Waals surface area contributed by atoms with E-state index in [0.717, 1.165) is 63.3 Å². The molecule has 1 amide bonds. The fraction of sp³-hybridized carbons (Fsp3) is 0.792. The molecule has 1 aromatic heterocycles. The van der Waals surface area contributed by atoms with Gasteiger partial charge in [-0.15, -0.1) is 0 Å². The van der Waals surface area contributed by atoms with Gasteiger partial charge in [-0.05, 0) is 51.9 Å². The summed E-state index contributed by atoms with van der Waals surface area (Å²) in [6, 6.07) is 2.85. The van der Waals surface area contributed by atoms with E-state index in [0.29, 0.717) is 30.4 Å². The summed E-state index contributed by atoms with van der Waals surface area (Å²) in [5.41, 5.74) is 8.44. The average molecular weight is 441 g/mol. The van der Waals surface area contributed by atoms with Crippen molar-refractivity contribution in [2.24, 2.45) is 11.3 Å². The zero-order chi connectivity index (χ0) is 21.9. The molecule has 0 aromatic carbocycles. The SMILES string of the molecule is CN1CC2(CCN(c3cc(C4NNC5CCC(OC6(C)CC6)CC54)ncn3)CC2)CC1=O. The first-order valence-corrected chi connectivity index (χ1v) is 12.4. The van der Waals surface area contributed by atoms with Gasteiger partial charge in [0.05, 0.1) is 23.4 Å². The Bertz CT molecular complexity index is 881. The van der Waals surface area contributed by atoms with Gasteiger partial charge in [0, 0.05) is 56.5 Å². The molecule has 4 unspecified atom stereocenters. The van der Waals surface area contributed by atoms with Gasteiger partial charge in [0.1, 0.15) is 12.1 Å². The Hall–Kier alpha value is -1.77. The van der Waals surface area contributed by atoms with Crippen molar-refractivity contribution in [1.82, 2.24) is 25.7 Å². The van der Waals surface area contributed by atoms with E-state index in [-0.39, 0.29) is 17.1 Å². The van der Waals surface area contributed by atoms with Gasteiger partial charge in [-0.2, -0.15) is 0 Å². The molecule has 174 valence electrons. The topological polar surface area (TPSA) is 82.6 Å². The molecule has 2 saturated carbocycles. The molecule has 4 atom stereocenters. The summed E-state index contributed by atoms with van der Waals surface area (Å²) < 4.78 is 6.44. The van der Waals surface area contributed by atoms with Crippen LogP contribution in [0, 0.1) is 11.3 Å². The third-order valence-corrected chi connectivity index (χ3v) is 8.77. The highest BCUT2D eigenvalue weighted by Crippen LogP contribution is 2.45. The van der Waals surface area contributed by atoms with E-state index in [2.05, 4.69) is 38.7 Å². The van der Waals surface area contributed by atoms with Crippen LogP contribution in [0.3, 0.4) is 0 Å². The summed E-state index contributed by atoms with van der Waals surface area (Å²) in [5, 5.41) is 0. The summed E-state index contributed by atoms with van der Waals surface area (Å²) in [6.45, 7) is 5.06. The largest absolute Gasteiger partial charge is 0.372 e. The van der Waals surface area contributed by atoms with E-state index in [9.17, 15) is 4.79 Å². The predicted molar refractivity (Wildman–Crippen MR) is 121 cm³/mol. The minimum absolute atomic E-state index is 0.138. The Balaban J connectivity index is 1.13. The van der Waals surface area contributed by atoms with Crippen molar-refractivity contribution in [2.45, 2.75) is 82.1 Å². The van der Waals surface area contributed by atoms with Crippen molar-refractivity contribution in [3.05, 3.63) is 18.1 Å². The van der Waals surface area contributed by atoms with Gasteiger partial charge >= 0.3 is 0 Å². The highest BCUT2D eigenvalue weighted by molar-refractivity contribution is 5.79. The lowest BCUT2D eigenvalue weighted by atomic mass is 9.77. The summed E-state index contributed by atoms with van der Waals surface area (Å²) in [4.78, 5) is 25.7. The smallest absolute Gasteiger partial charge is 0.222 e. The molecular formula is C24H36N6O2. The summed E-state index contributed by atoms with van der Waals surface area (Å²) in [7, 11) is 1.93. The van der Waals surface area contributed by atoms with Crippen LogP contribution in [-0.2, 0) is 9.53 Å². The first-order chi connectivity index (χ1) is 15.4. The fourth-order valence-corrected chi connectivity index (χ4v) is 6.47. The van der Waals surface area contributed by atoms with Crippen LogP contribution in [0.2, 0.25) is 0 Å². The molecule has 5 aliphatic rings. The number of nitrogens with zero attached hydrogens (tertiary/aromatic N) is 4. The van der Waals surface area contributed by atoms with Gasteiger partial charge in [0.2, 0.25) is 5.91 Å². The number of rotatable bonds is 4. The third kappa shape index (κ3) is 3.80. The van der Waals surface area contributed by atoms with Crippen molar-refractivity contribution in [3.63, 3.8) is 0 Å². The maximum atomic E-state index is 12.1. The van der Waals surface area contributed by atoms with Crippen LogP contribution in [0.25, 0.3) is 0 Å². The second-order valence-electron chi connectivity index (χ2n) is 11.3. The standard InChI is InChI=1S/C24H36N6O2/c1-23(5-6-23)32-16-3-4-18-17(11-16)22(28-27-18)19-12-20(26-15-25-19)30-9-7-24(8-10-30)13-21(31)29(2)14-24/h12,15-18,22,27-28H,3-11,13-14H2,1-2H3. The molecule has 8 nitrogen and oxygen atoms in total. The van der Waals surface area contributed by atoms with Crippen molar-refractivity contribution < 1.29 is 9.53 Å². The number of carbonyl (C=O) groups is 1. The number of aromatic nitrogens is 2. The van der Waals surface area contributed by atoms with Crippen LogP contribution in [0.1, 0.15) is 70.0 Å². The third-order valence-electron chi connectivity index (χ3n) is 8.77. The van der Waals surface area contributed by atoms with Crippen LogP contribution in [-0.4, -0.2) is 65.2 Å².